The second-order valence-corrected chi connectivity index (χ2v) is 6.32. The zero-order valence-corrected chi connectivity index (χ0v) is 14.3. The number of amides is 2. The number of piperazine rings is 1. The van der Waals surface area contributed by atoms with Gasteiger partial charge in [-0.05, 0) is 43.2 Å². The number of carbonyl (C=O) groups is 1. The van der Waals surface area contributed by atoms with Gasteiger partial charge in [-0.2, -0.15) is 0 Å². The number of aromatic nitrogens is 1. The van der Waals surface area contributed by atoms with Crippen molar-refractivity contribution in [1.82, 2.24) is 15.2 Å². The van der Waals surface area contributed by atoms with Crippen LogP contribution >= 0.6 is 12.4 Å². The van der Waals surface area contributed by atoms with E-state index in [9.17, 15) is 4.79 Å². The molecule has 2 saturated heterocycles. The Morgan fingerprint density at radius 1 is 1.33 bits per heavy atom. The van der Waals surface area contributed by atoms with E-state index in [2.05, 4.69) is 22.5 Å². The Bertz CT molecular complexity index is 737. The van der Waals surface area contributed by atoms with Crippen LogP contribution in [-0.2, 0) is 0 Å². The molecule has 2 fully saturated rings. The van der Waals surface area contributed by atoms with Crippen LogP contribution in [0.2, 0.25) is 0 Å². The fourth-order valence-corrected chi connectivity index (χ4v) is 3.50. The smallest absolute Gasteiger partial charge is 0.319 e. The Balaban J connectivity index is 0.00000169. The van der Waals surface area contributed by atoms with Gasteiger partial charge in [0.25, 0.3) is 0 Å². The van der Waals surface area contributed by atoms with Gasteiger partial charge in [-0.1, -0.05) is 12.1 Å². The first-order chi connectivity index (χ1) is 11.2. The van der Waals surface area contributed by atoms with Crippen LogP contribution in [-0.4, -0.2) is 41.1 Å². The van der Waals surface area contributed by atoms with Gasteiger partial charge in [0.1, 0.15) is 0 Å². The molecule has 2 aromatic rings. The van der Waals surface area contributed by atoms with E-state index >= 15 is 0 Å². The Morgan fingerprint density at radius 2 is 2.21 bits per heavy atom. The molecule has 2 aliphatic rings. The van der Waals surface area contributed by atoms with Crippen molar-refractivity contribution in [2.75, 3.05) is 18.4 Å². The van der Waals surface area contributed by atoms with Gasteiger partial charge in [-0.15, -0.1) is 12.4 Å². The third-order valence-electron chi connectivity index (χ3n) is 4.75. The van der Waals surface area contributed by atoms with Crippen LogP contribution in [0.15, 0.2) is 42.6 Å². The van der Waals surface area contributed by atoms with Crippen LogP contribution in [0.1, 0.15) is 12.0 Å². The Labute approximate surface area is 147 Å². The number of benzene rings is 1. The largest absolute Gasteiger partial charge is 0.322 e. The molecule has 126 valence electrons. The molecule has 1 aromatic carbocycles. The van der Waals surface area contributed by atoms with Crippen LogP contribution < -0.4 is 10.6 Å². The van der Waals surface area contributed by atoms with Gasteiger partial charge >= 0.3 is 6.03 Å². The van der Waals surface area contributed by atoms with E-state index in [1.807, 2.05) is 41.3 Å². The van der Waals surface area contributed by atoms with Gasteiger partial charge in [0.2, 0.25) is 0 Å². The summed E-state index contributed by atoms with van der Waals surface area (Å²) >= 11 is 0. The van der Waals surface area contributed by atoms with Gasteiger partial charge < -0.3 is 15.5 Å². The quantitative estimate of drug-likeness (QED) is 0.880. The number of fused-ring (bicyclic) bond motifs is 2. The third kappa shape index (κ3) is 3.09. The predicted molar refractivity (Wildman–Crippen MR) is 97.6 cm³/mol. The SMILES string of the molecule is Cc1ccc(NC(=O)N2C[C@H]3C[C@@H]2CN3)cc1-c1ccccn1.Cl. The molecule has 2 bridgehead atoms. The minimum Gasteiger partial charge on any atom is -0.319 e. The number of pyridine rings is 1. The maximum Gasteiger partial charge on any atom is 0.322 e. The highest BCUT2D eigenvalue weighted by atomic mass is 35.5. The summed E-state index contributed by atoms with van der Waals surface area (Å²) in [6, 6.07) is 12.6. The van der Waals surface area contributed by atoms with Gasteiger partial charge in [0.15, 0.2) is 0 Å². The summed E-state index contributed by atoms with van der Waals surface area (Å²) in [6.07, 6.45) is 2.86. The number of urea groups is 1. The van der Waals surface area contributed by atoms with Gasteiger partial charge in [-0.3, -0.25) is 4.98 Å². The number of aryl methyl sites for hydroxylation is 1. The normalized spacial score (nSPS) is 21.5. The lowest BCUT2D eigenvalue weighted by Crippen LogP contribution is -2.48. The summed E-state index contributed by atoms with van der Waals surface area (Å²) in [6.45, 7) is 3.77. The van der Waals surface area contributed by atoms with E-state index in [-0.39, 0.29) is 18.4 Å². The molecule has 5 nitrogen and oxygen atoms in total. The highest BCUT2D eigenvalue weighted by molar-refractivity contribution is 5.91. The van der Waals surface area contributed by atoms with E-state index < -0.39 is 0 Å². The molecule has 2 amide bonds. The number of hydrogen-bond acceptors (Lipinski definition) is 3. The minimum atomic E-state index is -0.00479. The zero-order chi connectivity index (χ0) is 15.8. The molecule has 0 saturated carbocycles. The summed E-state index contributed by atoms with van der Waals surface area (Å²) in [7, 11) is 0. The Morgan fingerprint density at radius 3 is 2.88 bits per heavy atom. The number of carbonyl (C=O) groups excluding carboxylic acids is 1. The van der Waals surface area contributed by atoms with Crippen molar-refractivity contribution in [2.45, 2.75) is 25.4 Å². The van der Waals surface area contributed by atoms with Crippen molar-refractivity contribution < 1.29 is 4.79 Å². The second kappa shape index (κ2) is 6.79. The first-order valence-electron chi connectivity index (χ1n) is 8.04. The van der Waals surface area contributed by atoms with Crippen molar-refractivity contribution in [1.29, 1.82) is 0 Å². The van der Waals surface area contributed by atoms with Crippen LogP contribution in [0.25, 0.3) is 11.3 Å². The van der Waals surface area contributed by atoms with Crippen LogP contribution in [0.5, 0.6) is 0 Å². The highest BCUT2D eigenvalue weighted by Gasteiger charge is 2.40. The first kappa shape index (κ1) is 16.7. The van der Waals surface area contributed by atoms with Gasteiger partial charge in [0.05, 0.1) is 5.69 Å². The second-order valence-electron chi connectivity index (χ2n) is 6.32. The summed E-state index contributed by atoms with van der Waals surface area (Å²) in [5.41, 5.74) is 3.93. The maximum atomic E-state index is 12.5. The Kier molecular flexibility index (Phi) is 4.73. The fraction of sp³-hybridized carbons (Fsp3) is 0.333. The summed E-state index contributed by atoms with van der Waals surface area (Å²) < 4.78 is 0. The van der Waals surface area contributed by atoms with Crippen LogP contribution in [0.3, 0.4) is 0 Å². The lowest BCUT2D eigenvalue weighted by molar-refractivity contribution is 0.199. The molecular weight excluding hydrogens is 324 g/mol. The zero-order valence-electron chi connectivity index (χ0n) is 13.5. The van der Waals surface area contributed by atoms with Gasteiger partial charge in [0, 0.05) is 42.6 Å². The molecule has 3 heterocycles. The molecule has 2 atom stereocenters. The van der Waals surface area contributed by atoms with Crippen molar-refractivity contribution in [3.8, 4) is 11.3 Å². The molecule has 4 rings (SSSR count). The lowest BCUT2D eigenvalue weighted by Gasteiger charge is -2.27. The molecule has 2 aliphatic heterocycles. The molecule has 2 N–H and O–H groups in total. The summed E-state index contributed by atoms with van der Waals surface area (Å²) in [4.78, 5) is 18.9. The van der Waals surface area contributed by atoms with Crippen molar-refractivity contribution >= 4 is 24.1 Å². The van der Waals surface area contributed by atoms with Crippen molar-refractivity contribution in [3.63, 3.8) is 0 Å². The highest BCUT2D eigenvalue weighted by Crippen LogP contribution is 2.27. The molecule has 24 heavy (non-hydrogen) atoms. The maximum absolute atomic E-state index is 12.5. The van der Waals surface area contributed by atoms with Crippen LogP contribution in [0.4, 0.5) is 10.5 Å². The number of rotatable bonds is 2. The average molecular weight is 345 g/mol. The van der Waals surface area contributed by atoms with Crippen LogP contribution in [0, 0.1) is 6.92 Å². The number of halogens is 1. The molecule has 0 aliphatic carbocycles. The number of hydrogen-bond donors (Lipinski definition) is 2. The number of nitrogens with one attached hydrogen (secondary N) is 2. The standard InChI is InChI=1S/C18H20N4O.ClH/c1-12-5-6-13(9-16(12)17-4-2-3-7-19-17)21-18(23)22-11-14-8-15(22)10-20-14;/h2-7,9,14-15,20H,8,10-11H2,1H3,(H,21,23);1H/t14-,15-;/m1./s1. The number of anilines is 1. The average Bonchev–Trinajstić information content (AvgIpc) is 3.20. The van der Waals surface area contributed by atoms with E-state index in [0.29, 0.717) is 12.1 Å². The first-order valence-corrected chi connectivity index (χ1v) is 8.04. The lowest BCUT2D eigenvalue weighted by atomic mass is 10.0. The van der Waals surface area contributed by atoms with E-state index in [1.165, 1.54) is 0 Å². The van der Waals surface area contributed by atoms with E-state index in [1.54, 1.807) is 6.20 Å². The van der Waals surface area contributed by atoms with Crippen molar-refractivity contribution in [2.24, 2.45) is 0 Å². The predicted octanol–water partition coefficient (Wildman–Crippen LogP) is 3.06. The summed E-state index contributed by atoms with van der Waals surface area (Å²) in [5, 5.41) is 6.45. The number of nitrogens with zero attached hydrogens (tertiary/aromatic N) is 2. The molecule has 1 aromatic heterocycles. The van der Waals surface area contributed by atoms with Gasteiger partial charge in [-0.25, -0.2) is 4.79 Å². The summed E-state index contributed by atoms with van der Waals surface area (Å²) in [5.74, 6) is 0. The van der Waals surface area contributed by atoms with Crippen molar-refractivity contribution in [3.05, 3.63) is 48.2 Å². The topological polar surface area (TPSA) is 57.3 Å². The van der Waals surface area contributed by atoms with E-state index in [0.717, 1.165) is 42.0 Å². The monoisotopic (exact) mass is 344 g/mol. The van der Waals surface area contributed by atoms with E-state index in [4.69, 9.17) is 0 Å². The number of likely N-dealkylation sites (tertiary alicyclic amines) is 1. The molecule has 0 spiro atoms. The Hall–Kier alpha value is -2.11. The minimum absolute atomic E-state index is 0. The molecule has 0 radical (unpaired) electrons. The molecule has 0 unspecified atom stereocenters. The molecular formula is C18H21ClN4O. The fourth-order valence-electron chi connectivity index (χ4n) is 3.50. The molecule has 6 heteroatoms. The third-order valence-corrected chi connectivity index (χ3v) is 4.75.